The van der Waals surface area contributed by atoms with Crippen molar-refractivity contribution in [3.8, 4) is 0 Å². The summed E-state index contributed by atoms with van der Waals surface area (Å²) in [5.74, 6) is -0.0587. The Morgan fingerprint density at radius 2 is 2.50 bits per heavy atom. The van der Waals surface area contributed by atoms with Gasteiger partial charge in [0.1, 0.15) is 0 Å². The Morgan fingerprint density at radius 3 is 3.33 bits per heavy atom. The molecular formula is C8H9NO2S. The molecule has 12 heavy (non-hydrogen) atoms. The van der Waals surface area contributed by atoms with Crippen LogP contribution in [0, 0.1) is 0 Å². The molecule has 64 valence electrons. The van der Waals surface area contributed by atoms with Crippen molar-refractivity contribution >= 4 is 17.2 Å². The molecule has 0 radical (unpaired) electrons. The van der Waals surface area contributed by atoms with Crippen molar-refractivity contribution < 1.29 is 9.90 Å². The van der Waals surface area contributed by atoms with E-state index in [1.165, 1.54) is 11.3 Å². The zero-order valence-corrected chi connectivity index (χ0v) is 7.23. The third-order valence-corrected chi connectivity index (χ3v) is 2.89. The average molecular weight is 183 g/mol. The Labute approximate surface area is 74.0 Å². The van der Waals surface area contributed by atoms with Crippen molar-refractivity contribution in [1.82, 2.24) is 5.32 Å². The number of amides is 1. The predicted molar refractivity (Wildman–Crippen MR) is 46.2 cm³/mol. The maximum absolute atomic E-state index is 11.3. The molecule has 1 aliphatic heterocycles. The molecule has 0 fully saturated rings. The number of thiophene rings is 1. The predicted octanol–water partition coefficient (Wildman–Crippen LogP) is 0.915. The normalized spacial score (nSPS) is 22.8. The number of hydrogen-bond donors (Lipinski definition) is 2. The fourth-order valence-electron chi connectivity index (χ4n) is 1.32. The molecule has 1 amide bonds. The first-order valence-corrected chi connectivity index (χ1v) is 4.70. The molecule has 1 unspecified atom stereocenters. The van der Waals surface area contributed by atoms with Crippen LogP contribution in [-0.4, -0.2) is 17.6 Å². The molecule has 0 aliphatic carbocycles. The van der Waals surface area contributed by atoms with Crippen LogP contribution in [0.15, 0.2) is 11.4 Å². The van der Waals surface area contributed by atoms with E-state index in [9.17, 15) is 9.90 Å². The number of carbonyl (C=O) groups is 1. The zero-order chi connectivity index (χ0) is 8.55. The second-order valence-corrected chi connectivity index (χ2v) is 3.68. The fraction of sp³-hybridized carbons (Fsp3) is 0.375. The van der Waals surface area contributed by atoms with Gasteiger partial charge in [0.25, 0.3) is 5.91 Å². The van der Waals surface area contributed by atoms with Gasteiger partial charge in [-0.15, -0.1) is 11.3 Å². The van der Waals surface area contributed by atoms with Gasteiger partial charge in [0.15, 0.2) is 0 Å². The van der Waals surface area contributed by atoms with Crippen LogP contribution in [-0.2, 0) is 0 Å². The van der Waals surface area contributed by atoms with Crippen molar-refractivity contribution in [1.29, 1.82) is 0 Å². The van der Waals surface area contributed by atoms with Crippen LogP contribution in [0.3, 0.4) is 0 Å². The van der Waals surface area contributed by atoms with Gasteiger partial charge in [0.2, 0.25) is 0 Å². The number of aliphatic hydroxyl groups is 1. The highest BCUT2D eigenvalue weighted by molar-refractivity contribution is 7.12. The number of aliphatic hydroxyl groups excluding tert-OH is 1. The molecule has 1 atom stereocenters. The third-order valence-electron chi connectivity index (χ3n) is 1.96. The van der Waals surface area contributed by atoms with E-state index in [1.54, 1.807) is 0 Å². The molecule has 2 heterocycles. The summed E-state index contributed by atoms with van der Waals surface area (Å²) in [6.07, 6.45) is 0.125. The summed E-state index contributed by atoms with van der Waals surface area (Å²) in [6, 6.07) is 1.82. The highest BCUT2D eigenvalue weighted by Gasteiger charge is 2.21. The van der Waals surface area contributed by atoms with Gasteiger partial charge < -0.3 is 10.4 Å². The minimum absolute atomic E-state index is 0.0587. The molecule has 1 aromatic heterocycles. The molecule has 1 aromatic rings. The van der Waals surface area contributed by atoms with Gasteiger partial charge in [-0.25, -0.2) is 0 Å². The number of hydrogen-bond acceptors (Lipinski definition) is 3. The lowest BCUT2D eigenvalue weighted by Gasteiger charge is -2.03. The van der Waals surface area contributed by atoms with Crippen LogP contribution in [0.25, 0.3) is 0 Å². The molecule has 2 rings (SSSR count). The Hall–Kier alpha value is -0.870. The van der Waals surface area contributed by atoms with E-state index in [4.69, 9.17) is 0 Å². The number of rotatable bonds is 0. The van der Waals surface area contributed by atoms with E-state index in [1.807, 2.05) is 11.4 Å². The van der Waals surface area contributed by atoms with E-state index in [0.29, 0.717) is 17.8 Å². The van der Waals surface area contributed by atoms with Gasteiger partial charge in [-0.3, -0.25) is 4.79 Å². The molecule has 0 spiro atoms. The molecule has 0 bridgehead atoms. The average Bonchev–Trinajstić information content (AvgIpc) is 2.47. The fourth-order valence-corrected chi connectivity index (χ4v) is 2.19. The van der Waals surface area contributed by atoms with Crippen LogP contribution in [0.2, 0.25) is 0 Å². The molecule has 4 heteroatoms. The Kier molecular flexibility index (Phi) is 1.86. The number of carbonyl (C=O) groups excluding carboxylic acids is 1. The molecule has 0 saturated carbocycles. The van der Waals surface area contributed by atoms with Crippen LogP contribution >= 0.6 is 11.3 Å². The second-order valence-electron chi connectivity index (χ2n) is 2.77. The summed E-state index contributed by atoms with van der Waals surface area (Å²) in [4.78, 5) is 12.0. The number of nitrogens with one attached hydrogen (secondary N) is 1. The molecule has 0 saturated heterocycles. The van der Waals surface area contributed by atoms with Gasteiger partial charge in [0.05, 0.1) is 11.0 Å². The monoisotopic (exact) mass is 183 g/mol. The van der Waals surface area contributed by atoms with E-state index in [-0.39, 0.29) is 5.91 Å². The number of fused-ring (bicyclic) bond motifs is 1. The highest BCUT2D eigenvalue weighted by atomic mass is 32.1. The first-order valence-electron chi connectivity index (χ1n) is 3.82. The van der Waals surface area contributed by atoms with Crippen LogP contribution < -0.4 is 5.32 Å². The largest absolute Gasteiger partial charge is 0.388 e. The van der Waals surface area contributed by atoms with E-state index in [0.717, 1.165) is 5.56 Å². The molecular weight excluding hydrogens is 174 g/mol. The Balaban J connectivity index is 2.45. The van der Waals surface area contributed by atoms with Crippen molar-refractivity contribution in [3.63, 3.8) is 0 Å². The summed E-state index contributed by atoms with van der Waals surface area (Å²) < 4.78 is 0. The lowest BCUT2D eigenvalue weighted by atomic mass is 10.1. The van der Waals surface area contributed by atoms with E-state index in [2.05, 4.69) is 5.32 Å². The van der Waals surface area contributed by atoms with Gasteiger partial charge in [-0.1, -0.05) is 0 Å². The maximum Gasteiger partial charge on any atom is 0.261 e. The van der Waals surface area contributed by atoms with Crippen molar-refractivity contribution in [3.05, 3.63) is 21.9 Å². The summed E-state index contributed by atoms with van der Waals surface area (Å²) in [5.41, 5.74) is 0.773. The van der Waals surface area contributed by atoms with Crippen LogP contribution in [0.4, 0.5) is 0 Å². The van der Waals surface area contributed by atoms with Gasteiger partial charge in [-0.05, 0) is 17.9 Å². The van der Waals surface area contributed by atoms with Crippen LogP contribution in [0.1, 0.15) is 27.8 Å². The summed E-state index contributed by atoms with van der Waals surface area (Å²) in [5, 5.41) is 14.1. The summed E-state index contributed by atoms with van der Waals surface area (Å²) in [7, 11) is 0. The first kappa shape index (κ1) is 7.76. The third kappa shape index (κ3) is 1.13. The first-order chi connectivity index (χ1) is 5.79. The molecule has 1 aliphatic rings. The van der Waals surface area contributed by atoms with Gasteiger partial charge >= 0.3 is 0 Å². The topological polar surface area (TPSA) is 49.3 Å². The second kappa shape index (κ2) is 2.88. The standard InChI is InChI=1S/C8H9NO2S/c10-6-1-3-9-8(11)7-5(6)2-4-12-7/h2,4,6,10H,1,3H2,(H,9,11). The van der Waals surface area contributed by atoms with Gasteiger partial charge in [0, 0.05) is 12.1 Å². The van der Waals surface area contributed by atoms with E-state index < -0.39 is 6.10 Å². The van der Waals surface area contributed by atoms with Crippen LogP contribution in [0.5, 0.6) is 0 Å². The SMILES string of the molecule is O=C1NCCC(O)c2ccsc21. The highest BCUT2D eigenvalue weighted by Crippen LogP contribution is 2.27. The zero-order valence-electron chi connectivity index (χ0n) is 6.41. The quantitative estimate of drug-likeness (QED) is 0.628. The minimum atomic E-state index is -0.481. The molecule has 2 N–H and O–H groups in total. The molecule has 0 aromatic carbocycles. The lowest BCUT2D eigenvalue weighted by Crippen LogP contribution is -2.21. The summed E-state index contributed by atoms with van der Waals surface area (Å²) >= 11 is 1.38. The van der Waals surface area contributed by atoms with Crippen molar-refractivity contribution in [2.24, 2.45) is 0 Å². The lowest BCUT2D eigenvalue weighted by molar-refractivity contribution is 0.0959. The van der Waals surface area contributed by atoms with E-state index >= 15 is 0 Å². The minimum Gasteiger partial charge on any atom is -0.388 e. The molecule has 3 nitrogen and oxygen atoms in total. The Bertz CT molecular complexity index is 308. The smallest absolute Gasteiger partial charge is 0.261 e. The maximum atomic E-state index is 11.3. The summed E-state index contributed by atoms with van der Waals surface area (Å²) in [6.45, 7) is 0.557. The Morgan fingerprint density at radius 1 is 1.67 bits per heavy atom. The van der Waals surface area contributed by atoms with Crippen molar-refractivity contribution in [2.75, 3.05) is 6.54 Å². The van der Waals surface area contributed by atoms with Crippen molar-refractivity contribution in [2.45, 2.75) is 12.5 Å². The van der Waals surface area contributed by atoms with Gasteiger partial charge in [-0.2, -0.15) is 0 Å².